The molecule has 2 N–H and O–H groups in total. The van der Waals surface area contributed by atoms with E-state index in [2.05, 4.69) is 33.6 Å². The molecule has 2 aromatic rings. The van der Waals surface area contributed by atoms with Crippen molar-refractivity contribution in [1.29, 1.82) is 0 Å². The number of hydrogen-bond acceptors (Lipinski definition) is 2. The summed E-state index contributed by atoms with van der Waals surface area (Å²) in [5.74, 6) is 0. The number of hydrogen-bond donors (Lipinski definition) is 1. The number of aromatic nitrogens is 1. The van der Waals surface area contributed by atoms with Crippen molar-refractivity contribution < 1.29 is 0 Å². The van der Waals surface area contributed by atoms with Gasteiger partial charge >= 0.3 is 0 Å². The molecule has 3 heteroatoms. The number of pyridine rings is 1. The molecule has 0 aliphatic carbocycles. The molecule has 0 saturated carbocycles. The van der Waals surface area contributed by atoms with E-state index in [0.717, 1.165) is 10.9 Å². The second-order valence-corrected chi connectivity index (χ2v) is 3.85. The molecule has 0 atom stereocenters. The summed E-state index contributed by atoms with van der Waals surface area (Å²) in [4.78, 5) is 4.19. The minimum Gasteiger partial charge on any atom is -0.397 e. The van der Waals surface area contributed by atoms with Crippen molar-refractivity contribution in [1.82, 2.24) is 4.98 Å². The molecule has 2 nitrogen and oxygen atoms in total. The van der Waals surface area contributed by atoms with Gasteiger partial charge in [0.05, 0.1) is 17.4 Å². The number of nitrogen functional groups attached to an aromatic ring is 1. The van der Waals surface area contributed by atoms with Crippen molar-refractivity contribution in [3.8, 4) is 0 Å². The third kappa shape index (κ3) is 1.36. The van der Waals surface area contributed by atoms with Crippen molar-refractivity contribution in [3.63, 3.8) is 0 Å². The van der Waals surface area contributed by atoms with Gasteiger partial charge in [-0.05, 0) is 46.9 Å². The fraction of sp³-hybridized carbons (Fsp3) is 0. The van der Waals surface area contributed by atoms with Crippen molar-refractivity contribution in [2.75, 3.05) is 5.73 Å². The fourth-order valence-electron chi connectivity index (χ4n) is 1.12. The first-order valence-corrected chi connectivity index (χ1v) is 4.64. The first-order chi connectivity index (χ1) is 5.75. The maximum absolute atomic E-state index is 5.61. The number of benzene rings is 1. The molecular weight excluding hydrogens is 263 g/mol. The van der Waals surface area contributed by atoms with Crippen LogP contribution in [0.4, 0.5) is 5.69 Å². The molecule has 0 saturated heterocycles. The van der Waals surface area contributed by atoms with E-state index in [9.17, 15) is 0 Å². The van der Waals surface area contributed by atoms with E-state index in [-0.39, 0.29) is 0 Å². The van der Waals surface area contributed by atoms with E-state index in [4.69, 9.17) is 5.73 Å². The van der Waals surface area contributed by atoms with Crippen LogP contribution in [0.3, 0.4) is 0 Å². The van der Waals surface area contributed by atoms with Crippen LogP contribution >= 0.6 is 22.6 Å². The summed E-state index contributed by atoms with van der Waals surface area (Å²) < 4.78 is 1.20. The maximum atomic E-state index is 5.61. The average Bonchev–Trinajstić information content (AvgIpc) is 2.03. The van der Waals surface area contributed by atoms with Gasteiger partial charge in [0.1, 0.15) is 0 Å². The fourth-order valence-corrected chi connectivity index (χ4v) is 1.63. The van der Waals surface area contributed by atoms with Crippen LogP contribution in [0.15, 0.2) is 30.5 Å². The van der Waals surface area contributed by atoms with Gasteiger partial charge in [0.15, 0.2) is 0 Å². The Bertz CT molecular complexity index is 389. The molecule has 60 valence electrons. The second kappa shape index (κ2) is 2.90. The van der Waals surface area contributed by atoms with Crippen molar-refractivity contribution in [2.45, 2.75) is 0 Å². The summed E-state index contributed by atoms with van der Waals surface area (Å²) in [5.41, 5.74) is 7.31. The Morgan fingerprint density at radius 1 is 1.25 bits per heavy atom. The highest BCUT2D eigenvalue weighted by atomic mass is 127. The SMILES string of the molecule is Nc1cnc2ccc(I)cc2c1. The van der Waals surface area contributed by atoms with E-state index in [1.165, 1.54) is 3.57 Å². The minimum atomic E-state index is 0.713. The zero-order valence-corrected chi connectivity index (χ0v) is 8.45. The zero-order valence-electron chi connectivity index (χ0n) is 6.29. The average molecular weight is 270 g/mol. The van der Waals surface area contributed by atoms with Crippen LogP contribution in [0, 0.1) is 3.57 Å². The first-order valence-electron chi connectivity index (χ1n) is 3.56. The highest BCUT2D eigenvalue weighted by Crippen LogP contribution is 2.17. The zero-order chi connectivity index (χ0) is 8.55. The smallest absolute Gasteiger partial charge is 0.0704 e. The van der Waals surface area contributed by atoms with E-state index < -0.39 is 0 Å². The van der Waals surface area contributed by atoms with Crippen molar-refractivity contribution >= 4 is 39.2 Å². The summed E-state index contributed by atoms with van der Waals surface area (Å²) in [6.45, 7) is 0. The molecule has 0 unspecified atom stereocenters. The van der Waals surface area contributed by atoms with Crippen molar-refractivity contribution in [3.05, 3.63) is 34.0 Å². The van der Waals surface area contributed by atoms with Gasteiger partial charge in [-0.2, -0.15) is 0 Å². The lowest BCUT2D eigenvalue weighted by atomic mass is 10.2. The first kappa shape index (κ1) is 7.79. The van der Waals surface area contributed by atoms with Crippen LogP contribution in [0.5, 0.6) is 0 Å². The van der Waals surface area contributed by atoms with Gasteiger partial charge in [-0.15, -0.1) is 0 Å². The van der Waals surface area contributed by atoms with Gasteiger partial charge in [0.2, 0.25) is 0 Å². The molecule has 0 fully saturated rings. The highest BCUT2D eigenvalue weighted by Gasteiger charge is 1.95. The van der Waals surface area contributed by atoms with Gasteiger partial charge in [-0.1, -0.05) is 0 Å². The minimum absolute atomic E-state index is 0.713. The van der Waals surface area contributed by atoms with Crippen LogP contribution in [0.25, 0.3) is 10.9 Å². The van der Waals surface area contributed by atoms with Gasteiger partial charge in [0, 0.05) is 8.96 Å². The third-order valence-corrected chi connectivity index (χ3v) is 2.34. The Morgan fingerprint density at radius 2 is 2.08 bits per heavy atom. The van der Waals surface area contributed by atoms with Crippen LogP contribution < -0.4 is 5.73 Å². The number of nitrogens with two attached hydrogens (primary N) is 1. The van der Waals surface area contributed by atoms with E-state index in [1.807, 2.05) is 18.2 Å². The molecule has 0 amide bonds. The van der Waals surface area contributed by atoms with Crippen LogP contribution in [0.2, 0.25) is 0 Å². The normalized spacial score (nSPS) is 10.4. The number of rotatable bonds is 0. The molecule has 12 heavy (non-hydrogen) atoms. The Balaban J connectivity index is 2.80. The lowest BCUT2D eigenvalue weighted by molar-refractivity contribution is 1.41. The summed E-state index contributed by atoms with van der Waals surface area (Å²) in [6.07, 6.45) is 1.68. The monoisotopic (exact) mass is 270 g/mol. The molecule has 0 spiro atoms. The summed E-state index contributed by atoms with van der Waals surface area (Å²) in [5, 5.41) is 1.10. The number of anilines is 1. The molecule has 0 aliphatic rings. The Labute approximate surface area is 83.9 Å². The third-order valence-electron chi connectivity index (χ3n) is 1.66. The predicted molar refractivity (Wildman–Crippen MR) is 58.9 cm³/mol. The number of fused-ring (bicyclic) bond motifs is 1. The molecule has 1 heterocycles. The van der Waals surface area contributed by atoms with Gasteiger partial charge in [-0.25, -0.2) is 0 Å². The molecule has 0 radical (unpaired) electrons. The van der Waals surface area contributed by atoms with Crippen LogP contribution in [-0.2, 0) is 0 Å². The lowest BCUT2D eigenvalue weighted by Crippen LogP contribution is -1.86. The molecule has 1 aromatic carbocycles. The Hall–Kier alpha value is -0.840. The second-order valence-electron chi connectivity index (χ2n) is 2.61. The standard InChI is InChI=1S/C9H7IN2/c10-7-1-2-9-6(3-7)4-8(11)5-12-9/h1-5H,11H2. The quantitative estimate of drug-likeness (QED) is 0.747. The molecule has 0 aliphatic heterocycles. The summed E-state index contributed by atoms with van der Waals surface area (Å²) in [7, 11) is 0. The maximum Gasteiger partial charge on any atom is 0.0704 e. The Kier molecular flexibility index (Phi) is 1.88. The number of halogens is 1. The summed E-state index contributed by atoms with van der Waals surface area (Å²) in [6, 6.07) is 8.03. The highest BCUT2D eigenvalue weighted by molar-refractivity contribution is 14.1. The van der Waals surface area contributed by atoms with E-state index in [1.54, 1.807) is 6.20 Å². The van der Waals surface area contributed by atoms with E-state index >= 15 is 0 Å². The lowest BCUT2D eigenvalue weighted by Gasteiger charge is -1.98. The summed E-state index contributed by atoms with van der Waals surface area (Å²) >= 11 is 2.27. The largest absolute Gasteiger partial charge is 0.397 e. The van der Waals surface area contributed by atoms with Crippen LogP contribution in [-0.4, -0.2) is 4.98 Å². The van der Waals surface area contributed by atoms with E-state index in [0.29, 0.717) is 5.69 Å². The predicted octanol–water partition coefficient (Wildman–Crippen LogP) is 2.42. The van der Waals surface area contributed by atoms with Crippen molar-refractivity contribution in [2.24, 2.45) is 0 Å². The molecule has 2 rings (SSSR count). The van der Waals surface area contributed by atoms with Gasteiger partial charge in [0.25, 0.3) is 0 Å². The van der Waals surface area contributed by atoms with Crippen LogP contribution in [0.1, 0.15) is 0 Å². The topological polar surface area (TPSA) is 38.9 Å². The number of nitrogens with zero attached hydrogens (tertiary/aromatic N) is 1. The molecular formula is C9H7IN2. The Morgan fingerprint density at radius 3 is 2.92 bits per heavy atom. The molecule has 1 aromatic heterocycles. The van der Waals surface area contributed by atoms with Gasteiger partial charge < -0.3 is 5.73 Å². The van der Waals surface area contributed by atoms with Gasteiger partial charge in [-0.3, -0.25) is 4.98 Å². The molecule has 0 bridgehead atoms.